The van der Waals surface area contributed by atoms with Crippen LogP contribution in [-0.4, -0.2) is 34.7 Å². The number of hydrogen-bond acceptors (Lipinski definition) is 5. The lowest BCUT2D eigenvalue weighted by atomic mass is 10.3. The molecule has 2 rings (SSSR count). The van der Waals surface area contributed by atoms with Gasteiger partial charge in [0.15, 0.2) is 0 Å². The monoisotopic (exact) mass is 276 g/mol. The summed E-state index contributed by atoms with van der Waals surface area (Å²) in [5.41, 5.74) is 0. The van der Waals surface area contributed by atoms with E-state index in [2.05, 4.69) is 10.0 Å². The Morgan fingerprint density at radius 1 is 1.59 bits per heavy atom. The van der Waals surface area contributed by atoms with E-state index < -0.39 is 10.0 Å². The summed E-state index contributed by atoms with van der Waals surface area (Å²) >= 11 is 1.45. The number of hydrogen-bond donors (Lipinski definition) is 2. The van der Waals surface area contributed by atoms with Gasteiger partial charge in [-0.15, -0.1) is 11.3 Å². The van der Waals surface area contributed by atoms with E-state index in [1.807, 2.05) is 7.05 Å². The second-order valence-corrected chi connectivity index (χ2v) is 6.67. The number of nitrogens with one attached hydrogen (secondary N) is 2. The third-order valence-electron chi connectivity index (χ3n) is 2.54. The van der Waals surface area contributed by atoms with Crippen molar-refractivity contribution in [1.82, 2.24) is 10.0 Å². The Balaban J connectivity index is 2.07. The molecule has 1 aliphatic rings. The molecule has 2 heterocycles. The molecule has 1 aliphatic heterocycles. The van der Waals surface area contributed by atoms with Gasteiger partial charge in [0.05, 0.1) is 11.5 Å². The first kappa shape index (κ1) is 13.0. The molecular formula is C10H16N2O3S2. The van der Waals surface area contributed by atoms with Gasteiger partial charge in [0.1, 0.15) is 0 Å². The van der Waals surface area contributed by atoms with Crippen molar-refractivity contribution in [3.05, 3.63) is 16.3 Å². The van der Waals surface area contributed by atoms with Crippen molar-refractivity contribution in [3.8, 4) is 0 Å². The topological polar surface area (TPSA) is 67.4 Å². The van der Waals surface area contributed by atoms with Crippen molar-refractivity contribution in [2.45, 2.75) is 23.9 Å². The molecule has 1 aromatic heterocycles. The zero-order valence-electron chi connectivity index (χ0n) is 9.60. The highest BCUT2D eigenvalue weighted by atomic mass is 32.2. The molecule has 17 heavy (non-hydrogen) atoms. The van der Waals surface area contributed by atoms with Crippen molar-refractivity contribution < 1.29 is 13.2 Å². The summed E-state index contributed by atoms with van der Waals surface area (Å²) in [7, 11) is -1.55. The number of thiophene rings is 1. The Morgan fingerprint density at radius 3 is 3.06 bits per heavy atom. The van der Waals surface area contributed by atoms with Crippen LogP contribution in [0, 0.1) is 0 Å². The summed E-state index contributed by atoms with van der Waals surface area (Å²) in [6.45, 7) is 1.78. The van der Waals surface area contributed by atoms with Crippen LogP contribution in [-0.2, 0) is 21.3 Å². The highest BCUT2D eigenvalue weighted by molar-refractivity contribution is 7.89. The quantitative estimate of drug-likeness (QED) is 0.823. The summed E-state index contributed by atoms with van der Waals surface area (Å²) in [6, 6.07) is 1.62. The first-order valence-electron chi connectivity index (χ1n) is 5.44. The Bertz CT molecular complexity index is 464. The summed E-state index contributed by atoms with van der Waals surface area (Å²) < 4.78 is 31.9. The van der Waals surface area contributed by atoms with E-state index in [4.69, 9.17) is 4.74 Å². The van der Waals surface area contributed by atoms with Crippen LogP contribution in [0.5, 0.6) is 0 Å². The van der Waals surface area contributed by atoms with Crippen molar-refractivity contribution >= 4 is 21.4 Å². The molecule has 1 fully saturated rings. The minimum absolute atomic E-state index is 0.0901. The minimum atomic E-state index is -3.39. The fourth-order valence-corrected chi connectivity index (χ4v) is 4.23. The lowest BCUT2D eigenvalue weighted by Crippen LogP contribution is -2.34. The molecule has 0 spiro atoms. The van der Waals surface area contributed by atoms with Gasteiger partial charge in [-0.05, 0) is 19.5 Å². The molecule has 0 radical (unpaired) electrons. The Labute approximate surface area is 105 Å². The maximum absolute atomic E-state index is 12.0. The van der Waals surface area contributed by atoms with Crippen LogP contribution in [0.2, 0.25) is 0 Å². The summed E-state index contributed by atoms with van der Waals surface area (Å²) in [5, 5.41) is 4.67. The second kappa shape index (κ2) is 5.45. The maximum atomic E-state index is 12.0. The van der Waals surface area contributed by atoms with Gasteiger partial charge in [0.2, 0.25) is 10.0 Å². The molecular weight excluding hydrogens is 260 g/mol. The lowest BCUT2D eigenvalue weighted by molar-refractivity contribution is 0.192. The maximum Gasteiger partial charge on any atom is 0.241 e. The molecule has 1 aromatic rings. The predicted octanol–water partition coefficient (Wildman–Crippen LogP) is 0.535. The van der Waals surface area contributed by atoms with Crippen molar-refractivity contribution in [2.24, 2.45) is 0 Å². The van der Waals surface area contributed by atoms with E-state index in [1.54, 1.807) is 11.4 Å². The van der Waals surface area contributed by atoms with Crippen LogP contribution in [0.4, 0.5) is 0 Å². The van der Waals surface area contributed by atoms with Gasteiger partial charge in [-0.3, -0.25) is 0 Å². The van der Waals surface area contributed by atoms with E-state index in [0.29, 0.717) is 24.7 Å². The van der Waals surface area contributed by atoms with E-state index in [0.717, 1.165) is 11.3 Å². The third kappa shape index (κ3) is 3.26. The zero-order chi connectivity index (χ0) is 12.3. The summed E-state index contributed by atoms with van der Waals surface area (Å²) in [5.74, 6) is 0. The molecule has 0 aliphatic carbocycles. The molecule has 0 bridgehead atoms. The normalized spacial score (nSPS) is 20.9. The average molecular weight is 276 g/mol. The standard InChI is InChI=1S/C10H16N2O3S2/c1-11-5-9-4-10(7-16-9)17(13,14)12-8-2-3-15-6-8/h4,7-8,11-12H,2-3,5-6H2,1H3. The highest BCUT2D eigenvalue weighted by Gasteiger charge is 2.24. The van der Waals surface area contributed by atoms with Gasteiger partial charge < -0.3 is 10.1 Å². The second-order valence-electron chi connectivity index (χ2n) is 3.96. The van der Waals surface area contributed by atoms with Gasteiger partial charge in [0.25, 0.3) is 0 Å². The molecule has 0 saturated carbocycles. The van der Waals surface area contributed by atoms with Crippen molar-refractivity contribution in [1.29, 1.82) is 0 Å². The zero-order valence-corrected chi connectivity index (χ0v) is 11.2. The van der Waals surface area contributed by atoms with E-state index >= 15 is 0 Å². The van der Waals surface area contributed by atoms with Crippen LogP contribution < -0.4 is 10.0 Å². The molecule has 2 N–H and O–H groups in total. The Kier molecular flexibility index (Phi) is 4.16. The fraction of sp³-hybridized carbons (Fsp3) is 0.600. The minimum Gasteiger partial charge on any atom is -0.380 e. The van der Waals surface area contributed by atoms with Crippen LogP contribution in [0.3, 0.4) is 0 Å². The van der Waals surface area contributed by atoms with Crippen molar-refractivity contribution in [2.75, 3.05) is 20.3 Å². The molecule has 1 saturated heterocycles. The van der Waals surface area contributed by atoms with E-state index in [9.17, 15) is 8.42 Å². The molecule has 5 nitrogen and oxygen atoms in total. The Morgan fingerprint density at radius 2 is 2.41 bits per heavy atom. The number of ether oxygens (including phenoxy) is 1. The van der Waals surface area contributed by atoms with Crippen LogP contribution in [0.15, 0.2) is 16.3 Å². The first-order valence-corrected chi connectivity index (χ1v) is 7.80. The van der Waals surface area contributed by atoms with Crippen LogP contribution >= 0.6 is 11.3 Å². The number of sulfonamides is 1. The van der Waals surface area contributed by atoms with E-state index in [-0.39, 0.29) is 6.04 Å². The SMILES string of the molecule is CNCc1cc(S(=O)(=O)NC2CCOC2)cs1. The predicted molar refractivity (Wildman–Crippen MR) is 66.6 cm³/mol. The van der Waals surface area contributed by atoms with Crippen LogP contribution in [0.1, 0.15) is 11.3 Å². The highest BCUT2D eigenvalue weighted by Crippen LogP contribution is 2.20. The van der Waals surface area contributed by atoms with Gasteiger partial charge in [-0.1, -0.05) is 0 Å². The van der Waals surface area contributed by atoms with Crippen LogP contribution in [0.25, 0.3) is 0 Å². The van der Waals surface area contributed by atoms with Crippen molar-refractivity contribution in [3.63, 3.8) is 0 Å². The first-order chi connectivity index (χ1) is 8.12. The molecule has 0 amide bonds. The molecule has 1 atom stereocenters. The van der Waals surface area contributed by atoms with Gasteiger partial charge in [-0.25, -0.2) is 13.1 Å². The van der Waals surface area contributed by atoms with E-state index in [1.165, 1.54) is 11.3 Å². The van der Waals surface area contributed by atoms with Gasteiger partial charge in [-0.2, -0.15) is 0 Å². The molecule has 0 aromatic carbocycles. The lowest BCUT2D eigenvalue weighted by Gasteiger charge is -2.09. The number of rotatable bonds is 5. The molecule has 7 heteroatoms. The fourth-order valence-electron chi connectivity index (χ4n) is 1.68. The smallest absolute Gasteiger partial charge is 0.241 e. The Hall–Kier alpha value is -0.470. The average Bonchev–Trinajstić information content (AvgIpc) is 2.88. The summed E-state index contributed by atoms with van der Waals surface area (Å²) in [4.78, 5) is 1.36. The third-order valence-corrected chi connectivity index (χ3v) is 5.13. The van der Waals surface area contributed by atoms with Gasteiger partial charge in [0, 0.05) is 29.5 Å². The van der Waals surface area contributed by atoms with Gasteiger partial charge >= 0.3 is 0 Å². The summed E-state index contributed by atoms with van der Waals surface area (Å²) in [6.07, 6.45) is 0.743. The molecule has 1 unspecified atom stereocenters. The largest absolute Gasteiger partial charge is 0.380 e. The molecule has 96 valence electrons.